The van der Waals surface area contributed by atoms with Gasteiger partial charge in [0, 0.05) is 0 Å². The zero-order valence-electron chi connectivity index (χ0n) is 11.9. The summed E-state index contributed by atoms with van der Waals surface area (Å²) in [5.74, 6) is 1.99. The normalized spacial score (nSPS) is 28.6. The van der Waals surface area contributed by atoms with Gasteiger partial charge in [0.05, 0.1) is 6.10 Å². The first-order valence-electron chi connectivity index (χ1n) is 7.30. The number of aryl methyl sites for hydroxylation is 1. The fourth-order valence-corrected chi connectivity index (χ4v) is 3.25. The predicted octanol–water partition coefficient (Wildman–Crippen LogP) is 3.97. The summed E-state index contributed by atoms with van der Waals surface area (Å²) in [6.45, 7) is 6.76. The first kappa shape index (κ1) is 13.6. The SMILES string of the molecule is Cc1cccc(CC2CC(C(C)C)CCC2O)c1. The number of hydrogen-bond acceptors (Lipinski definition) is 1. The molecule has 18 heavy (non-hydrogen) atoms. The molecule has 1 aromatic rings. The Morgan fingerprint density at radius 1 is 1.28 bits per heavy atom. The van der Waals surface area contributed by atoms with Crippen molar-refractivity contribution in [2.45, 2.75) is 52.6 Å². The molecule has 1 nitrogen and oxygen atoms in total. The van der Waals surface area contributed by atoms with Crippen LogP contribution in [0.1, 0.15) is 44.2 Å². The van der Waals surface area contributed by atoms with Gasteiger partial charge in [-0.15, -0.1) is 0 Å². The zero-order chi connectivity index (χ0) is 13.1. The van der Waals surface area contributed by atoms with Gasteiger partial charge < -0.3 is 5.11 Å². The molecular weight excluding hydrogens is 220 g/mol. The third kappa shape index (κ3) is 3.35. The fraction of sp³-hybridized carbons (Fsp3) is 0.647. The maximum atomic E-state index is 10.2. The number of rotatable bonds is 3. The van der Waals surface area contributed by atoms with Crippen molar-refractivity contribution in [3.05, 3.63) is 35.4 Å². The summed E-state index contributed by atoms with van der Waals surface area (Å²) in [5, 5.41) is 10.2. The average molecular weight is 246 g/mol. The second kappa shape index (κ2) is 5.88. The summed E-state index contributed by atoms with van der Waals surface area (Å²) in [6.07, 6.45) is 4.31. The van der Waals surface area contributed by atoms with Crippen molar-refractivity contribution in [1.82, 2.24) is 0 Å². The van der Waals surface area contributed by atoms with Crippen molar-refractivity contribution in [2.75, 3.05) is 0 Å². The van der Waals surface area contributed by atoms with E-state index in [2.05, 4.69) is 45.0 Å². The number of hydrogen-bond donors (Lipinski definition) is 1. The van der Waals surface area contributed by atoms with Gasteiger partial charge in [0.2, 0.25) is 0 Å². The van der Waals surface area contributed by atoms with Crippen molar-refractivity contribution in [2.24, 2.45) is 17.8 Å². The van der Waals surface area contributed by atoms with E-state index < -0.39 is 0 Å². The van der Waals surface area contributed by atoms with E-state index >= 15 is 0 Å². The molecule has 3 atom stereocenters. The van der Waals surface area contributed by atoms with Crippen LogP contribution in [0.2, 0.25) is 0 Å². The minimum Gasteiger partial charge on any atom is -0.393 e. The molecule has 100 valence electrons. The molecule has 0 saturated heterocycles. The Morgan fingerprint density at radius 3 is 2.72 bits per heavy atom. The Hall–Kier alpha value is -0.820. The molecule has 0 spiro atoms. The third-order valence-corrected chi connectivity index (χ3v) is 4.51. The highest BCUT2D eigenvalue weighted by atomic mass is 16.3. The number of aliphatic hydroxyl groups excluding tert-OH is 1. The van der Waals surface area contributed by atoms with E-state index in [0.29, 0.717) is 5.92 Å². The van der Waals surface area contributed by atoms with Crippen LogP contribution in [0.3, 0.4) is 0 Å². The molecule has 2 rings (SSSR count). The molecule has 1 aliphatic carbocycles. The number of aliphatic hydroxyl groups is 1. The summed E-state index contributed by atoms with van der Waals surface area (Å²) < 4.78 is 0. The Kier molecular flexibility index (Phi) is 4.45. The molecule has 1 fully saturated rings. The van der Waals surface area contributed by atoms with Crippen molar-refractivity contribution < 1.29 is 5.11 Å². The summed E-state index contributed by atoms with van der Waals surface area (Å²) in [6, 6.07) is 8.71. The van der Waals surface area contributed by atoms with E-state index in [1.165, 1.54) is 24.0 Å². The highest BCUT2D eigenvalue weighted by Crippen LogP contribution is 2.35. The van der Waals surface area contributed by atoms with Crippen molar-refractivity contribution >= 4 is 0 Å². The molecule has 1 N–H and O–H groups in total. The van der Waals surface area contributed by atoms with Gasteiger partial charge in [0.1, 0.15) is 0 Å². The van der Waals surface area contributed by atoms with Crippen LogP contribution in [0.15, 0.2) is 24.3 Å². The topological polar surface area (TPSA) is 20.2 Å². The van der Waals surface area contributed by atoms with Crippen LogP contribution in [-0.2, 0) is 6.42 Å². The smallest absolute Gasteiger partial charge is 0.0571 e. The maximum absolute atomic E-state index is 10.2. The van der Waals surface area contributed by atoms with Gasteiger partial charge in [0.15, 0.2) is 0 Å². The van der Waals surface area contributed by atoms with E-state index in [9.17, 15) is 5.11 Å². The van der Waals surface area contributed by atoms with Crippen molar-refractivity contribution in [3.8, 4) is 0 Å². The lowest BCUT2D eigenvalue weighted by Gasteiger charge is -2.35. The van der Waals surface area contributed by atoms with Crippen molar-refractivity contribution in [1.29, 1.82) is 0 Å². The molecule has 0 aromatic heterocycles. The summed E-state index contributed by atoms with van der Waals surface area (Å²) >= 11 is 0. The fourth-order valence-electron chi connectivity index (χ4n) is 3.25. The van der Waals surface area contributed by atoms with E-state index in [1.54, 1.807) is 0 Å². The highest BCUT2D eigenvalue weighted by molar-refractivity contribution is 5.22. The van der Waals surface area contributed by atoms with Crippen LogP contribution >= 0.6 is 0 Å². The Morgan fingerprint density at radius 2 is 2.06 bits per heavy atom. The molecule has 1 saturated carbocycles. The quantitative estimate of drug-likeness (QED) is 0.855. The Labute approximate surface area is 111 Å². The summed E-state index contributed by atoms with van der Waals surface area (Å²) in [7, 11) is 0. The van der Waals surface area contributed by atoms with Gasteiger partial charge >= 0.3 is 0 Å². The van der Waals surface area contributed by atoms with Gasteiger partial charge in [-0.05, 0) is 55.9 Å². The Balaban J connectivity index is 2.02. The van der Waals surface area contributed by atoms with Gasteiger partial charge in [-0.25, -0.2) is 0 Å². The summed E-state index contributed by atoms with van der Waals surface area (Å²) in [5.41, 5.74) is 2.70. The van der Waals surface area contributed by atoms with Gasteiger partial charge in [-0.3, -0.25) is 0 Å². The average Bonchev–Trinajstić information content (AvgIpc) is 2.31. The maximum Gasteiger partial charge on any atom is 0.0571 e. The lowest BCUT2D eigenvalue weighted by atomic mass is 9.73. The van der Waals surface area contributed by atoms with E-state index in [-0.39, 0.29) is 6.10 Å². The molecule has 0 heterocycles. The Bertz CT molecular complexity index is 383. The molecule has 0 aliphatic heterocycles. The lowest BCUT2D eigenvalue weighted by Crippen LogP contribution is -2.32. The lowest BCUT2D eigenvalue weighted by molar-refractivity contribution is 0.0378. The van der Waals surface area contributed by atoms with Crippen molar-refractivity contribution in [3.63, 3.8) is 0 Å². The minimum atomic E-state index is -0.0967. The van der Waals surface area contributed by atoms with Gasteiger partial charge in [-0.2, -0.15) is 0 Å². The molecule has 0 amide bonds. The van der Waals surface area contributed by atoms with E-state index in [4.69, 9.17) is 0 Å². The molecule has 1 aromatic carbocycles. The largest absolute Gasteiger partial charge is 0.393 e. The minimum absolute atomic E-state index is 0.0967. The van der Waals surface area contributed by atoms with Crippen LogP contribution in [0.25, 0.3) is 0 Å². The zero-order valence-corrected chi connectivity index (χ0v) is 11.9. The predicted molar refractivity (Wildman–Crippen MR) is 76.6 cm³/mol. The van der Waals surface area contributed by atoms with Crippen LogP contribution in [0, 0.1) is 24.7 Å². The first-order chi connectivity index (χ1) is 8.56. The molecule has 1 heteroatoms. The molecule has 0 bridgehead atoms. The third-order valence-electron chi connectivity index (χ3n) is 4.51. The second-order valence-electron chi connectivity index (χ2n) is 6.34. The monoisotopic (exact) mass is 246 g/mol. The standard InChI is InChI=1S/C17H26O/c1-12(2)15-7-8-17(18)16(11-15)10-14-6-4-5-13(3)9-14/h4-6,9,12,15-18H,7-8,10-11H2,1-3H3. The summed E-state index contributed by atoms with van der Waals surface area (Å²) in [4.78, 5) is 0. The van der Waals surface area contributed by atoms with Crippen LogP contribution in [-0.4, -0.2) is 11.2 Å². The number of benzene rings is 1. The molecule has 1 aliphatic rings. The van der Waals surface area contributed by atoms with E-state index in [1.807, 2.05) is 0 Å². The van der Waals surface area contributed by atoms with Gasteiger partial charge in [0.25, 0.3) is 0 Å². The van der Waals surface area contributed by atoms with E-state index in [0.717, 1.165) is 24.7 Å². The highest BCUT2D eigenvalue weighted by Gasteiger charge is 2.30. The molecular formula is C17H26O. The second-order valence-corrected chi connectivity index (χ2v) is 6.34. The van der Waals surface area contributed by atoms with Crippen LogP contribution < -0.4 is 0 Å². The first-order valence-corrected chi connectivity index (χ1v) is 7.30. The van der Waals surface area contributed by atoms with Crippen LogP contribution in [0.4, 0.5) is 0 Å². The molecule has 0 radical (unpaired) electrons. The van der Waals surface area contributed by atoms with Gasteiger partial charge in [-0.1, -0.05) is 43.7 Å². The van der Waals surface area contributed by atoms with Crippen LogP contribution in [0.5, 0.6) is 0 Å². The molecule has 3 unspecified atom stereocenters.